The first-order valence-corrected chi connectivity index (χ1v) is 15.0. The van der Waals surface area contributed by atoms with Crippen LogP contribution in [0.4, 0.5) is 24.5 Å². The lowest BCUT2D eigenvalue weighted by molar-refractivity contribution is -0.384. The van der Waals surface area contributed by atoms with E-state index in [1.54, 1.807) is 12.3 Å². The van der Waals surface area contributed by atoms with Gasteiger partial charge >= 0.3 is 6.18 Å². The minimum atomic E-state index is -4.43. The van der Waals surface area contributed by atoms with Gasteiger partial charge in [-0.1, -0.05) is 36.8 Å². The Morgan fingerprint density at radius 2 is 1.77 bits per heavy atom. The maximum Gasteiger partial charge on any atom is 0.416 e. The van der Waals surface area contributed by atoms with Crippen molar-refractivity contribution in [3.05, 3.63) is 107 Å². The maximum absolute atomic E-state index is 13.5. The third kappa shape index (κ3) is 7.86. The van der Waals surface area contributed by atoms with Crippen LogP contribution in [0.15, 0.2) is 94.7 Å². The van der Waals surface area contributed by atoms with Gasteiger partial charge in [-0.05, 0) is 48.7 Å². The third-order valence-corrected chi connectivity index (χ3v) is 8.32. The summed E-state index contributed by atoms with van der Waals surface area (Å²) < 4.78 is 67.6. The number of alkyl halides is 3. The van der Waals surface area contributed by atoms with Gasteiger partial charge in [0.2, 0.25) is 0 Å². The first kappa shape index (κ1) is 31.4. The van der Waals surface area contributed by atoms with Crippen molar-refractivity contribution >= 4 is 27.0 Å². The molecule has 4 aromatic rings. The molecule has 1 saturated carbocycles. The number of nitro groups is 1. The largest absolute Gasteiger partial charge is 0.444 e. The standard InChI is InChI=1S/C23H21F3N2O2.C7H7NO4S/c24-23(25,26)20-8-2-1-7-19(20)22(9-4-10-22)12-18(29)13-28-17-6-3-5-16(11-17)21-14-27-15-30-21;1-13(11,12)7-4-2-6(3-5-7)8(9)10/h1-3,5-8,11,14-15,28H,4,9-10,12-13H2;2-5H,1H3. The van der Waals surface area contributed by atoms with E-state index in [1.807, 2.05) is 24.3 Å². The molecule has 9 nitrogen and oxygen atoms in total. The van der Waals surface area contributed by atoms with Gasteiger partial charge in [-0.15, -0.1) is 0 Å². The van der Waals surface area contributed by atoms with Gasteiger partial charge in [-0.2, -0.15) is 13.2 Å². The highest BCUT2D eigenvalue weighted by Crippen LogP contribution is 2.50. The van der Waals surface area contributed by atoms with Crippen molar-refractivity contribution in [2.75, 3.05) is 18.1 Å². The predicted molar refractivity (Wildman–Crippen MR) is 153 cm³/mol. The van der Waals surface area contributed by atoms with Crippen LogP contribution in [0.3, 0.4) is 0 Å². The molecule has 226 valence electrons. The number of oxazole rings is 1. The molecule has 0 unspecified atom stereocenters. The second-order valence-corrected chi connectivity index (χ2v) is 12.2. The molecule has 1 aliphatic rings. The molecule has 1 heterocycles. The average Bonchev–Trinajstić information content (AvgIpc) is 3.49. The van der Waals surface area contributed by atoms with Crippen LogP contribution in [0.2, 0.25) is 0 Å². The van der Waals surface area contributed by atoms with Gasteiger partial charge in [-0.25, -0.2) is 13.4 Å². The first-order chi connectivity index (χ1) is 20.3. The summed E-state index contributed by atoms with van der Waals surface area (Å²) in [5, 5.41) is 13.3. The normalized spacial score (nSPS) is 14.1. The van der Waals surface area contributed by atoms with Crippen LogP contribution in [0.5, 0.6) is 0 Å². The second kappa shape index (κ2) is 12.8. The number of nitrogens with one attached hydrogen (secondary N) is 1. The van der Waals surface area contributed by atoms with E-state index < -0.39 is 31.9 Å². The summed E-state index contributed by atoms with van der Waals surface area (Å²) >= 11 is 0. The molecule has 5 rings (SSSR count). The molecule has 1 aliphatic carbocycles. The molecule has 1 N–H and O–H groups in total. The molecular formula is C30H28F3N3O6S. The van der Waals surface area contributed by atoms with Crippen LogP contribution in [-0.4, -0.2) is 36.9 Å². The smallest absolute Gasteiger partial charge is 0.416 e. The number of halogens is 3. The Labute approximate surface area is 245 Å². The number of aromatic nitrogens is 1. The van der Waals surface area contributed by atoms with Gasteiger partial charge in [0.15, 0.2) is 27.8 Å². The number of sulfone groups is 1. The summed E-state index contributed by atoms with van der Waals surface area (Å²) in [6.07, 6.45) is 1.66. The Bertz CT molecular complexity index is 1680. The number of carbonyl (C=O) groups excluding carboxylic acids is 1. The second-order valence-electron chi connectivity index (χ2n) is 10.2. The molecule has 0 radical (unpaired) electrons. The highest BCUT2D eigenvalue weighted by atomic mass is 32.2. The number of Topliss-reactive ketones (excluding diaryl/α,β-unsaturated/α-hetero) is 1. The van der Waals surface area contributed by atoms with Crippen molar-refractivity contribution in [3.63, 3.8) is 0 Å². The lowest BCUT2D eigenvalue weighted by atomic mass is 9.61. The molecule has 0 saturated heterocycles. The number of non-ortho nitro benzene ring substituents is 1. The SMILES string of the molecule is CS(=O)(=O)c1ccc([N+](=O)[O-])cc1.O=C(CNc1cccc(-c2cnco2)c1)CC1(c2ccccc2C(F)(F)F)CCC1. The summed E-state index contributed by atoms with van der Waals surface area (Å²) in [6, 6.07) is 17.7. The molecule has 1 aromatic heterocycles. The van der Waals surface area contributed by atoms with E-state index in [1.165, 1.54) is 30.7 Å². The molecule has 13 heteroatoms. The van der Waals surface area contributed by atoms with Crippen molar-refractivity contribution in [2.45, 2.75) is 42.2 Å². The molecule has 0 spiro atoms. The zero-order valence-corrected chi connectivity index (χ0v) is 23.8. The van der Waals surface area contributed by atoms with Gasteiger partial charge in [0.25, 0.3) is 5.69 Å². The zero-order valence-electron chi connectivity index (χ0n) is 23.0. The van der Waals surface area contributed by atoms with E-state index in [2.05, 4.69) is 10.3 Å². The number of nitrogens with zero attached hydrogens (tertiary/aromatic N) is 2. The van der Waals surface area contributed by atoms with Crippen molar-refractivity contribution < 1.29 is 35.7 Å². The van der Waals surface area contributed by atoms with E-state index in [9.17, 15) is 36.5 Å². The Kier molecular flexibility index (Phi) is 9.34. The first-order valence-electron chi connectivity index (χ1n) is 13.1. The lowest BCUT2D eigenvalue weighted by Gasteiger charge is -2.43. The molecule has 43 heavy (non-hydrogen) atoms. The fraction of sp³-hybridized carbons (Fsp3) is 0.267. The van der Waals surface area contributed by atoms with E-state index in [0.717, 1.165) is 42.1 Å². The van der Waals surface area contributed by atoms with Crippen molar-refractivity contribution in [1.29, 1.82) is 0 Å². The number of hydrogen-bond donors (Lipinski definition) is 1. The van der Waals surface area contributed by atoms with Crippen LogP contribution < -0.4 is 5.32 Å². The highest BCUT2D eigenvalue weighted by Gasteiger charge is 2.45. The third-order valence-electron chi connectivity index (χ3n) is 7.19. The molecule has 1 fully saturated rings. The average molecular weight is 616 g/mol. The number of rotatable bonds is 9. The lowest BCUT2D eigenvalue weighted by Crippen LogP contribution is -2.39. The van der Waals surface area contributed by atoms with Crippen molar-refractivity contribution in [2.24, 2.45) is 0 Å². The Hall–Kier alpha value is -4.52. The minimum absolute atomic E-state index is 0.0514. The summed E-state index contributed by atoms with van der Waals surface area (Å²) in [7, 11) is -3.27. The summed E-state index contributed by atoms with van der Waals surface area (Å²) in [6.45, 7) is 0.0514. The summed E-state index contributed by atoms with van der Waals surface area (Å²) in [5.41, 5.74) is 0.309. The number of hydrogen-bond acceptors (Lipinski definition) is 8. The number of anilines is 1. The van der Waals surface area contributed by atoms with Crippen LogP contribution in [0, 0.1) is 10.1 Å². The Balaban J connectivity index is 0.000000273. The molecular weight excluding hydrogens is 587 g/mol. The van der Waals surface area contributed by atoms with E-state index in [-0.39, 0.29) is 34.9 Å². The summed E-state index contributed by atoms with van der Waals surface area (Å²) in [4.78, 5) is 26.3. The molecule has 0 bridgehead atoms. The molecule has 3 aromatic carbocycles. The quantitative estimate of drug-likeness (QED) is 0.160. The zero-order chi connectivity index (χ0) is 31.3. The van der Waals surface area contributed by atoms with Gasteiger partial charge in [0.1, 0.15) is 0 Å². The van der Waals surface area contributed by atoms with Crippen LogP contribution >= 0.6 is 0 Å². The summed E-state index contributed by atoms with van der Waals surface area (Å²) in [5.74, 6) is 0.499. The van der Waals surface area contributed by atoms with Crippen LogP contribution in [0.1, 0.15) is 36.8 Å². The van der Waals surface area contributed by atoms with Crippen LogP contribution in [-0.2, 0) is 26.2 Å². The number of ketones is 1. The van der Waals surface area contributed by atoms with Gasteiger partial charge in [-0.3, -0.25) is 14.9 Å². The Morgan fingerprint density at radius 3 is 2.33 bits per heavy atom. The highest BCUT2D eigenvalue weighted by molar-refractivity contribution is 7.90. The van der Waals surface area contributed by atoms with E-state index in [4.69, 9.17) is 4.42 Å². The van der Waals surface area contributed by atoms with Gasteiger partial charge in [0.05, 0.1) is 28.1 Å². The fourth-order valence-corrected chi connectivity index (χ4v) is 5.56. The fourth-order valence-electron chi connectivity index (χ4n) is 4.93. The van der Waals surface area contributed by atoms with E-state index >= 15 is 0 Å². The maximum atomic E-state index is 13.5. The number of carbonyl (C=O) groups is 1. The van der Waals surface area contributed by atoms with E-state index in [0.29, 0.717) is 18.6 Å². The van der Waals surface area contributed by atoms with Crippen molar-refractivity contribution in [1.82, 2.24) is 4.98 Å². The topological polar surface area (TPSA) is 132 Å². The molecule has 0 aliphatic heterocycles. The predicted octanol–water partition coefficient (Wildman–Crippen LogP) is 6.85. The minimum Gasteiger partial charge on any atom is -0.444 e. The van der Waals surface area contributed by atoms with Crippen molar-refractivity contribution in [3.8, 4) is 11.3 Å². The van der Waals surface area contributed by atoms with Gasteiger partial charge < -0.3 is 9.73 Å². The number of benzene rings is 3. The molecule has 0 atom stereocenters. The number of nitro benzene ring substituents is 1. The molecule has 0 amide bonds. The van der Waals surface area contributed by atoms with Crippen LogP contribution in [0.25, 0.3) is 11.3 Å². The van der Waals surface area contributed by atoms with Gasteiger partial charge in [0, 0.05) is 41.5 Å². The Morgan fingerprint density at radius 1 is 1.07 bits per heavy atom. The monoisotopic (exact) mass is 615 g/mol.